The molecule has 1 aromatic heterocycles. The van der Waals surface area contributed by atoms with Crippen LogP contribution in [0.25, 0.3) is 11.0 Å². The molecule has 0 N–H and O–H groups in total. The fraction of sp³-hybridized carbons (Fsp3) is 0.500. The van der Waals surface area contributed by atoms with Gasteiger partial charge in [-0.25, -0.2) is 4.98 Å². The lowest BCUT2D eigenvalue weighted by Crippen LogP contribution is -2.19. The van der Waals surface area contributed by atoms with E-state index >= 15 is 0 Å². The Balaban J connectivity index is 2.43. The average molecular weight is 282 g/mol. The van der Waals surface area contributed by atoms with E-state index in [9.17, 15) is 0 Å². The average Bonchev–Trinajstić information content (AvgIpc) is 2.73. The van der Waals surface area contributed by atoms with Gasteiger partial charge in [-0.05, 0) is 26.2 Å². The molecule has 0 aliphatic heterocycles. The van der Waals surface area contributed by atoms with Gasteiger partial charge in [0.1, 0.15) is 11.6 Å². The van der Waals surface area contributed by atoms with Crippen molar-refractivity contribution in [2.75, 3.05) is 33.6 Å². The number of aromatic nitrogens is 2. The number of fused-ring (bicyclic) bond motifs is 1. The first-order chi connectivity index (χ1) is 9.15. The summed E-state index contributed by atoms with van der Waals surface area (Å²) in [6, 6.07) is 5.98. The summed E-state index contributed by atoms with van der Waals surface area (Å²) in [5.41, 5.74) is 2.11. The number of alkyl halides is 1. The number of aryl methyl sites for hydroxylation is 1. The van der Waals surface area contributed by atoms with Crippen molar-refractivity contribution >= 4 is 22.6 Å². The number of nitrogens with zero attached hydrogens (tertiary/aromatic N) is 3. The van der Waals surface area contributed by atoms with Gasteiger partial charge in [-0.15, -0.1) is 11.6 Å². The summed E-state index contributed by atoms with van der Waals surface area (Å²) in [5.74, 6) is 2.48. The number of rotatable bonds is 6. The third-order valence-corrected chi connectivity index (χ3v) is 3.31. The molecule has 0 spiro atoms. The second kappa shape index (κ2) is 6.26. The topological polar surface area (TPSA) is 30.3 Å². The van der Waals surface area contributed by atoms with Crippen LogP contribution in [0.1, 0.15) is 5.82 Å². The van der Waals surface area contributed by atoms with E-state index in [2.05, 4.69) is 28.5 Å². The molecule has 0 bridgehead atoms. The van der Waals surface area contributed by atoms with Crippen molar-refractivity contribution in [3.8, 4) is 5.75 Å². The van der Waals surface area contributed by atoms with Crippen LogP contribution in [0.4, 0.5) is 0 Å². The highest BCUT2D eigenvalue weighted by atomic mass is 35.5. The van der Waals surface area contributed by atoms with E-state index in [1.54, 1.807) is 7.11 Å². The van der Waals surface area contributed by atoms with Crippen LogP contribution in [0.3, 0.4) is 0 Å². The van der Waals surface area contributed by atoms with Crippen LogP contribution in [-0.4, -0.2) is 48.1 Å². The molecule has 1 aromatic carbocycles. The van der Waals surface area contributed by atoms with E-state index in [4.69, 9.17) is 16.3 Å². The Hall–Kier alpha value is -1.26. The highest BCUT2D eigenvalue weighted by Gasteiger charge is 2.11. The minimum atomic E-state index is 0.586. The van der Waals surface area contributed by atoms with Crippen LogP contribution in [0, 0.1) is 0 Å². The predicted molar refractivity (Wildman–Crippen MR) is 79.3 cm³/mol. The zero-order chi connectivity index (χ0) is 13.8. The van der Waals surface area contributed by atoms with E-state index in [0.717, 1.165) is 42.1 Å². The SMILES string of the molecule is COc1ccc2nc(CCCl)n(CCN(C)C)c2c1. The number of methoxy groups -OCH3 is 1. The maximum atomic E-state index is 5.87. The molecule has 104 valence electrons. The quantitative estimate of drug-likeness (QED) is 0.762. The summed E-state index contributed by atoms with van der Waals surface area (Å²) in [4.78, 5) is 6.82. The van der Waals surface area contributed by atoms with Crippen LogP contribution < -0.4 is 4.74 Å². The second-order valence-corrected chi connectivity index (χ2v) is 5.15. The summed E-state index contributed by atoms with van der Waals surface area (Å²) in [6.45, 7) is 1.88. The summed E-state index contributed by atoms with van der Waals surface area (Å²) < 4.78 is 7.53. The molecule has 2 rings (SSSR count). The van der Waals surface area contributed by atoms with E-state index in [1.807, 2.05) is 18.2 Å². The van der Waals surface area contributed by atoms with Crippen molar-refractivity contribution in [1.29, 1.82) is 0 Å². The monoisotopic (exact) mass is 281 g/mol. The molecule has 0 aliphatic rings. The largest absolute Gasteiger partial charge is 0.497 e. The van der Waals surface area contributed by atoms with E-state index in [1.165, 1.54) is 0 Å². The van der Waals surface area contributed by atoms with Crippen LogP contribution in [0.2, 0.25) is 0 Å². The molecule has 0 saturated carbocycles. The molecule has 5 heteroatoms. The number of hydrogen-bond donors (Lipinski definition) is 0. The highest BCUT2D eigenvalue weighted by molar-refractivity contribution is 6.17. The zero-order valence-electron chi connectivity index (χ0n) is 11.7. The Morgan fingerprint density at radius 2 is 2.16 bits per heavy atom. The lowest BCUT2D eigenvalue weighted by molar-refractivity contribution is 0.383. The van der Waals surface area contributed by atoms with E-state index < -0.39 is 0 Å². The molecule has 1 heterocycles. The minimum Gasteiger partial charge on any atom is -0.497 e. The normalized spacial score (nSPS) is 11.4. The van der Waals surface area contributed by atoms with Gasteiger partial charge in [0.25, 0.3) is 0 Å². The second-order valence-electron chi connectivity index (χ2n) is 4.78. The van der Waals surface area contributed by atoms with Crippen molar-refractivity contribution in [3.63, 3.8) is 0 Å². The Bertz CT molecular complexity index is 551. The molecule has 0 amide bonds. The van der Waals surface area contributed by atoms with Crippen molar-refractivity contribution in [3.05, 3.63) is 24.0 Å². The summed E-state index contributed by atoms with van der Waals surface area (Å²) in [5, 5.41) is 0. The molecule has 0 unspecified atom stereocenters. The van der Waals surface area contributed by atoms with Gasteiger partial charge >= 0.3 is 0 Å². The molecule has 2 aromatic rings. The predicted octanol–water partition coefficient (Wildman–Crippen LogP) is 2.39. The Kier molecular flexibility index (Phi) is 4.66. The summed E-state index contributed by atoms with van der Waals surface area (Å²) in [7, 11) is 5.82. The standard InChI is InChI=1S/C14H20ClN3O/c1-17(2)8-9-18-13-10-11(19-3)4-5-12(13)16-14(18)6-7-15/h4-5,10H,6-9H2,1-3H3. The number of benzene rings is 1. The van der Waals surface area contributed by atoms with Gasteiger partial charge in [-0.2, -0.15) is 0 Å². The van der Waals surface area contributed by atoms with Gasteiger partial charge in [-0.3, -0.25) is 0 Å². The Morgan fingerprint density at radius 1 is 1.37 bits per heavy atom. The number of ether oxygens (including phenoxy) is 1. The summed E-state index contributed by atoms with van der Waals surface area (Å²) in [6.07, 6.45) is 0.784. The molecule has 0 radical (unpaired) electrons. The lowest BCUT2D eigenvalue weighted by atomic mass is 10.3. The Labute approximate surface area is 118 Å². The first kappa shape index (κ1) is 14.2. The number of hydrogen-bond acceptors (Lipinski definition) is 3. The first-order valence-corrected chi connectivity index (χ1v) is 6.93. The van der Waals surface area contributed by atoms with Gasteiger partial charge in [0.05, 0.1) is 18.1 Å². The van der Waals surface area contributed by atoms with Gasteiger partial charge < -0.3 is 14.2 Å². The maximum Gasteiger partial charge on any atom is 0.121 e. The van der Waals surface area contributed by atoms with Crippen molar-refractivity contribution in [1.82, 2.24) is 14.5 Å². The van der Waals surface area contributed by atoms with Crippen LogP contribution in [0.5, 0.6) is 5.75 Å². The van der Waals surface area contributed by atoms with E-state index in [0.29, 0.717) is 5.88 Å². The zero-order valence-corrected chi connectivity index (χ0v) is 12.4. The van der Waals surface area contributed by atoms with Gasteiger partial charge in [0.2, 0.25) is 0 Å². The number of likely N-dealkylation sites (N-methyl/N-ethyl adjacent to an activating group) is 1. The van der Waals surface area contributed by atoms with E-state index in [-0.39, 0.29) is 0 Å². The lowest BCUT2D eigenvalue weighted by Gasteiger charge is -2.13. The molecular weight excluding hydrogens is 262 g/mol. The molecular formula is C14H20ClN3O. The van der Waals surface area contributed by atoms with Gasteiger partial charge in [0.15, 0.2) is 0 Å². The van der Waals surface area contributed by atoms with Crippen LogP contribution in [-0.2, 0) is 13.0 Å². The molecule has 0 atom stereocenters. The fourth-order valence-electron chi connectivity index (χ4n) is 2.10. The maximum absolute atomic E-state index is 5.87. The van der Waals surface area contributed by atoms with Crippen molar-refractivity contribution in [2.24, 2.45) is 0 Å². The smallest absolute Gasteiger partial charge is 0.121 e. The molecule has 4 nitrogen and oxygen atoms in total. The molecule has 0 saturated heterocycles. The van der Waals surface area contributed by atoms with Crippen molar-refractivity contribution in [2.45, 2.75) is 13.0 Å². The molecule has 0 aliphatic carbocycles. The molecule has 0 fully saturated rings. The number of imidazole rings is 1. The van der Waals surface area contributed by atoms with Crippen LogP contribution >= 0.6 is 11.6 Å². The molecule has 19 heavy (non-hydrogen) atoms. The fourth-order valence-corrected chi connectivity index (χ4v) is 2.27. The first-order valence-electron chi connectivity index (χ1n) is 6.39. The van der Waals surface area contributed by atoms with Gasteiger partial charge in [-0.1, -0.05) is 0 Å². The minimum absolute atomic E-state index is 0.586. The third-order valence-electron chi connectivity index (χ3n) is 3.12. The van der Waals surface area contributed by atoms with Crippen LogP contribution in [0.15, 0.2) is 18.2 Å². The Morgan fingerprint density at radius 3 is 2.79 bits per heavy atom. The number of halogens is 1. The van der Waals surface area contributed by atoms with Crippen molar-refractivity contribution < 1.29 is 4.74 Å². The third kappa shape index (κ3) is 3.19. The van der Waals surface area contributed by atoms with Gasteiger partial charge in [0, 0.05) is 31.5 Å². The highest BCUT2D eigenvalue weighted by Crippen LogP contribution is 2.22. The summed E-state index contributed by atoms with van der Waals surface area (Å²) >= 11 is 5.87.